The maximum atomic E-state index is 12.2. The summed E-state index contributed by atoms with van der Waals surface area (Å²) in [6, 6.07) is 8.26. The molecule has 1 aromatic rings. The molecule has 0 radical (unpaired) electrons. The topological polar surface area (TPSA) is 47.6 Å². The predicted octanol–water partition coefficient (Wildman–Crippen LogP) is 3.92. The molecule has 1 saturated carbocycles. The highest BCUT2D eigenvalue weighted by Gasteiger charge is 2.42. The third-order valence-electron chi connectivity index (χ3n) is 4.72. The Morgan fingerprint density at radius 3 is 2.64 bits per heavy atom. The minimum Gasteiger partial charge on any atom is -0.353 e. The zero-order valence-electron chi connectivity index (χ0n) is 15.3. The van der Waals surface area contributed by atoms with Gasteiger partial charge in [0.15, 0.2) is 5.79 Å². The van der Waals surface area contributed by atoms with Gasteiger partial charge in [0.2, 0.25) is 5.91 Å². The Bertz CT molecular complexity index is 567. The normalized spacial score (nSPS) is 22.4. The molecule has 1 spiro atoms. The molecule has 1 atom stereocenters. The van der Waals surface area contributed by atoms with Crippen LogP contribution in [0.3, 0.4) is 0 Å². The van der Waals surface area contributed by atoms with E-state index in [1.807, 2.05) is 23.9 Å². The van der Waals surface area contributed by atoms with Crippen LogP contribution in [0.4, 0.5) is 0 Å². The van der Waals surface area contributed by atoms with E-state index in [0.717, 1.165) is 18.4 Å². The van der Waals surface area contributed by atoms with Gasteiger partial charge in [0.1, 0.15) is 6.10 Å². The van der Waals surface area contributed by atoms with Crippen LogP contribution in [0.2, 0.25) is 0 Å². The SMILES string of the molecule is CC(C)Sc1ccc(CC(=O)NC[C@@H]2COC3(CCCCC3)O2)cc1. The molecule has 1 aliphatic carbocycles. The Balaban J connectivity index is 1.41. The molecule has 1 heterocycles. The van der Waals surface area contributed by atoms with Crippen molar-refractivity contribution in [3.8, 4) is 0 Å². The van der Waals surface area contributed by atoms with Crippen molar-refractivity contribution >= 4 is 17.7 Å². The number of nitrogens with one attached hydrogen (secondary N) is 1. The highest BCUT2D eigenvalue weighted by atomic mass is 32.2. The maximum absolute atomic E-state index is 12.2. The lowest BCUT2D eigenvalue weighted by Crippen LogP contribution is -2.37. The number of hydrogen-bond donors (Lipinski definition) is 1. The highest BCUT2D eigenvalue weighted by molar-refractivity contribution is 7.99. The van der Waals surface area contributed by atoms with Crippen molar-refractivity contribution in [3.63, 3.8) is 0 Å². The summed E-state index contributed by atoms with van der Waals surface area (Å²) >= 11 is 1.83. The third kappa shape index (κ3) is 5.47. The average molecular weight is 364 g/mol. The van der Waals surface area contributed by atoms with Crippen molar-refractivity contribution < 1.29 is 14.3 Å². The number of hydrogen-bond acceptors (Lipinski definition) is 4. The number of carbonyl (C=O) groups excluding carboxylic acids is 1. The molecule has 2 aliphatic rings. The van der Waals surface area contributed by atoms with Crippen LogP contribution < -0.4 is 5.32 Å². The minimum absolute atomic E-state index is 0.0214. The standard InChI is InChI=1S/C20H29NO3S/c1-15(2)25-18-8-6-16(7-9-18)12-19(22)21-13-17-14-23-20(24-17)10-4-3-5-11-20/h6-9,15,17H,3-5,10-14H2,1-2H3,(H,21,22)/t17-/m1/s1. The van der Waals surface area contributed by atoms with Crippen molar-refractivity contribution in [2.24, 2.45) is 0 Å². The Labute approximate surface area is 155 Å². The Morgan fingerprint density at radius 1 is 1.24 bits per heavy atom. The Hall–Kier alpha value is -1.04. The molecule has 0 bridgehead atoms. The maximum Gasteiger partial charge on any atom is 0.224 e. The van der Waals surface area contributed by atoms with Gasteiger partial charge in [0, 0.05) is 29.5 Å². The summed E-state index contributed by atoms with van der Waals surface area (Å²) in [6.07, 6.45) is 5.97. The van der Waals surface area contributed by atoms with Crippen LogP contribution in [-0.4, -0.2) is 36.2 Å². The van der Waals surface area contributed by atoms with Crippen LogP contribution in [-0.2, 0) is 20.7 Å². The van der Waals surface area contributed by atoms with Gasteiger partial charge in [0.25, 0.3) is 0 Å². The van der Waals surface area contributed by atoms with E-state index >= 15 is 0 Å². The van der Waals surface area contributed by atoms with Crippen LogP contribution in [0.1, 0.15) is 51.5 Å². The molecule has 1 amide bonds. The Morgan fingerprint density at radius 2 is 1.96 bits per heavy atom. The fraction of sp³-hybridized carbons (Fsp3) is 0.650. The first-order chi connectivity index (χ1) is 12.0. The summed E-state index contributed by atoms with van der Waals surface area (Å²) in [5.41, 5.74) is 1.04. The molecule has 5 heteroatoms. The summed E-state index contributed by atoms with van der Waals surface area (Å²) < 4.78 is 12.0. The molecule has 1 aliphatic heterocycles. The van der Waals surface area contributed by atoms with Gasteiger partial charge in [-0.25, -0.2) is 0 Å². The van der Waals surface area contributed by atoms with E-state index in [1.165, 1.54) is 24.2 Å². The van der Waals surface area contributed by atoms with Crippen LogP contribution >= 0.6 is 11.8 Å². The summed E-state index contributed by atoms with van der Waals surface area (Å²) in [5, 5.41) is 3.56. The van der Waals surface area contributed by atoms with E-state index in [4.69, 9.17) is 9.47 Å². The fourth-order valence-corrected chi connectivity index (χ4v) is 4.34. The molecule has 138 valence electrons. The van der Waals surface area contributed by atoms with E-state index in [1.54, 1.807) is 0 Å². The summed E-state index contributed by atoms with van der Waals surface area (Å²) in [7, 11) is 0. The lowest BCUT2D eigenvalue weighted by Gasteiger charge is -2.31. The molecular formula is C20H29NO3S. The monoisotopic (exact) mass is 363 g/mol. The highest BCUT2D eigenvalue weighted by Crippen LogP contribution is 2.37. The zero-order valence-corrected chi connectivity index (χ0v) is 16.1. The number of thioether (sulfide) groups is 1. The smallest absolute Gasteiger partial charge is 0.224 e. The van der Waals surface area contributed by atoms with Gasteiger partial charge in [-0.2, -0.15) is 0 Å². The first-order valence-corrected chi connectivity index (χ1v) is 10.3. The zero-order chi connectivity index (χ0) is 17.7. The molecular weight excluding hydrogens is 334 g/mol. The van der Waals surface area contributed by atoms with Gasteiger partial charge >= 0.3 is 0 Å². The number of ether oxygens (including phenoxy) is 2. The van der Waals surface area contributed by atoms with Crippen molar-refractivity contribution in [3.05, 3.63) is 29.8 Å². The van der Waals surface area contributed by atoms with E-state index in [0.29, 0.717) is 24.8 Å². The summed E-state index contributed by atoms with van der Waals surface area (Å²) in [5.74, 6) is -0.324. The average Bonchev–Trinajstić information content (AvgIpc) is 2.97. The molecule has 1 saturated heterocycles. The van der Waals surface area contributed by atoms with Gasteiger partial charge in [-0.15, -0.1) is 11.8 Å². The van der Waals surface area contributed by atoms with Gasteiger partial charge in [-0.1, -0.05) is 32.4 Å². The van der Waals surface area contributed by atoms with E-state index in [9.17, 15) is 4.79 Å². The lowest BCUT2D eigenvalue weighted by molar-refractivity contribution is -0.186. The van der Waals surface area contributed by atoms with Crippen LogP contribution in [0, 0.1) is 0 Å². The molecule has 2 fully saturated rings. The van der Waals surface area contributed by atoms with Gasteiger partial charge in [-0.3, -0.25) is 4.79 Å². The number of benzene rings is 1. The third-order valence-corrected chi connectivity index (χ3v) is 5.73. The van der Waals surface area contributed by atoms with Crippen molar-refractivity contribution in [2.45, 2.75) is 74.4 Å². The van der Waals surface area contributed by atoms with Crippen LogP contribution in [0.5, 0.6) is 0 Å². The second-order valence-corrected chi connectivity index (χ2v) is 8.96. The Kier molecular flexibility index (Phi) is 6.42. The van der Waals surface area contributed by atoms with Crippen LogP contribution in [0.15, 0.2) is 29.2 Å². The predicted molar refractivity (Wildman–Crippen MR) is 101 cm³/mol. The minimum atomic E-state index is -0.364. The first kappa shape index (κ1) is 18.7. The second kappa shape index (κ2) is 8.56. The molecule has 0 unspecified atom stereocenters. The van der Waals surface area contributed by atoms with Crippen molar-refractivity contribution in [1.82, 2.24) is 5.32 Å². The van der Waals surface area contributed by atoms with Crippen molar-refractivity contribution in [2.75, 3.05) is 13.2 Å². The fourth-order valence-electron chi connectivity index (χ4n) is 3.50. The number of rotatable bonds is 6. The molecule has 0 aromatic heterocycles. The second-order valence-electron chi connectivity index (χ2n) is 7.31. The number of amides is 1. The molecule has 1 aromatic carbocycles. The summed E-state index contributed by atoms with van der Waals surface area (Å²) in [4.78, 5) is 13.4. The van der Waals surface area contributed by atoms with Gasteiger partial charge < -0.3 is 14.8 Å². The molecule has 4 nitrogen and oxygen atoms in total. The van der Waals surface area contributed by atoms with E-state index in [2.05, 4.69) is 31.3 Å². The molecule has 25 heavy (non-hydrogen) atoms. The van der Waals surface area contributed by atoms with Crippen molar-refractivity contribution in [1.29, 1.82) is 0 Å². The summed E-state index contributed by atoms with van der Waals surface area (Å²) in [6.45, 7) is 5.47. The first-order valence-electron chi connectivity index (χ1n) is 9.39. The quantitative estimate of drug-likeness (QED) is 0.778. The van der Waals surface area contributed by atoms with Gasteiger partial charge in [-0.05, 0) is 30.5 Å². The largest absolute Gasteiger partial charge is 0.353 e. The number of carbonyl (C=O) groups is 1. The van der Waals surface area contributed by atoms with E-state index in [-0.39, 0.29) is 17.8 Å². The lowest BCUT2D eigenvalue weighted by atomic mass is 9.94. The van der Waals surface area contributed by atoms with E-state index < -0.39 is 0 Å². The van der Waals surface area contributed by atoms with Crippen LogP contribution in [0.25, 0.3) is 0 Å². The molecule has 3 rings (SSSR count). The van der Waals surface area contributed by atoms with Gasteiger partial charge in [0.05, 0.1) is 13.0 Å². The molecule has 1 N–H and O–H groups in total.